The Morgan fingerprint density at radius 2 is 1.50 bits per heavy atom. The number of methoxy groups -OCH3 is 1. The van der Waals surface area contributed by atoms with Crippen LogP contribution in [0.2, 0.25) is 0 Å². The van der Waals surface area contributed by atoms with Crippen LogP contribution in [0.1, 0.15) is 18.5 Å². The smallest absolute Gasteiger partial charge is 0.264 e. The number of rotatable bonds is 8. The standard InChI is InChI=1S/C23H24N2O4S/c1-18(19-9-5-3-6-10-19)24-23(26)17-25(20-11-7-4-8-12-20)30(27,28)22-15-13-21(29-2)14-16-22/h3-16,18H,17H2,1-2H3,(H,24,26)/t18-/m0/s1. The van der Waals surface area contributed by atoms with E-state index in [1.54, 1.807) is 42.5 Å². The second-order valence-corrected chi connectivity index (χ2v) is 8.58. The number of hydrogen-bond acceptors (Lipinski definition) is 4. The monoisotopic (exact) mass is 424 g/mol. The Morgan fingerprint density at radius 3 is 2.07 bits per heavy atom. The number of nitrogens with zero attached hydrogens (tertiary/aromatic N) is 1. The van der Waals surface area contributed by atoms with Gasteiger partial charge in [0.25, 0.3) is 10.0 Å². The molecule has 0 heterocycles. The number of carbonyl (C=O) groups is 1. The molecule has 7 heteroatoms. The van der Waals surface area contributed by atoms with Gasteiger partial charge in [0.2, 0.25) is 5.91 Å². The average molecular weight is 425 g/mol. The minimum Gasteiger partial charge on any atom is -0.497 e. The lowest BCUT2D eigenvalue weighted by molar-refractivity contribution is -0.120. The van der Waals surface area contributed by atoms with Crippen LogP contribution < -0.4 is 14.4 Å². The van der Waals surface area contributed by atoms with Crippen molar-refractivity contribution in [2.45, 2.75) is 17.9 Å². The Hall–Kier alpha value is -3.32. The molecule has 0 spiro atoms. The summed E-state index contributed by atoms with van der Waals surface area (Å²) < 4.78 is 32.9. The third-order valence-electron chi connectivity index (χ3n) is 4.66. The van der Waals surface area contributed by atoms with E-state index in [9.17, 15) is 13.2 Å². The van der Waals surface area contributed by atoms with Gasteiger partial charge in [-0.2, -0.15) is 0 Å². The molecule has 0 aromatic heterocycles. The third-order valence-corrected chi connectivity index (χ3v) is 6.44. The Labute approximate surface area is 177 Å². The van der Waals surface area contributed by atoms with Gasteiger partial charge in [-0.3, -0.25) is 9.10 Å². The summed E-state index contributed by atoms with van der Waals surface area (Å²) in [4.78, 5) is 12.8. The number of sulfonamides is 1. The summed E-state index contributed by atoms with van der Waals surface area (Å²) in [6.45, 7) is 1.52. The van der Waals surface area contributed by atoms with Crippen LogP contribution in [0.15, 0.2) is 89.8 Å². The molecule has 3 aromatic rings. The first-order valence-corrected chi connectivity index (χ1v) is 10.9. The van der Waals surface area contributed by atoms with Crippen molar-refractivity contribution in [3.05, 3.63) is 90.5 Å². The first-order valence-electron chi connectivity index (χ1n) is 9.48. The predicted molar refractivity (Wildman–Crippen MR) is 117 cm³/mol. The van der Waals surface area contributed by atoms with Crippen LogP contribution in [-0.2, 0) is 14.8 Å². The molecular weight excluding hydrogens is 400 g/mol. The largest absolute Gasteiger partial charge is 0.497 e. The number of amides is 1. The number of para-hydroxylation sites is 1. The van der Waals surface area contributed by atoms with E-state index in [0.29, 0.717) is 11.4 Å². The third kappa shape index (κ3) is 4.99. The van der Waals surface area contributed by atoms with Gasteiger partial charge in [-0.1, -0.05) is 48.5 Å². The lowest BCUT2D eigenvalue weighted by Gasteiger charge is -2.25. The maximum atomic E-state index is 13.3. The zero-order valence-corrected chi connectivity index (χ0v) is 17.7. The molecule has 0 radical (unpaired) electrons. The van der Waals surface area contributed by atoms with E-state index in [-0.39, 0.29) is 17.5 Å². The Kier molecular flexibility index (Phi) is 6.74. The molecule has 30 heavy (non-hydrogen) atoms. The van der Waals surface area contributed by atoms with Crippen LogP contribution in [-0.4, -0.2) is 28.0 Å². The van der Waals surface area contributed by atoms with Crippen LogP contribution in [0, 0.1) is 0 Å². The molecule has 0 fully saturated rings. The van der Waals surface area contributed by atoms with Crippen LogP contribution in [0.4, 0.5) is 5.69 Å². The Balaban J connectivity index is 1.86. The fraction of sp³-hybridized carbons (Fsp3) is 0.174. The molecule has 0 saturated heterocycles. The van der Waals surface area contributed by atoms with E-state index in [1.807, 2.05) is 37.3 Å². The molecule has 0 aliphatic rings. The molecule has 3 aromatic carbocycles. The fourth-order valence-corrected chi connectivity index (χ4v) is 4.45. The molecule has 6 nitrogen and oxygen atoms in total. The van der Waals surface area contributed by atoms with Crippen molar-refractivity contribution in [2.24, 2.45) is 0 Å². The van der Waals surface area contributed by atoms with Gasteiger partial charge >= 0.3 is 0 Å². The molecular formula is C23H24N2O4S. The number of benzene rings is 3. The van der Waals surface area contributed by atoms with E-state index in [0.717, 1.165) is 9.87 Å². The van der Waals surface area contributed by atoms with Gasteiger partial charge in [0.15, 0.2) is 0 Å². The summed E-state index contributed by atoms with van der Waals surface area (Å²) in [6.07, 6.45) is 0. The van der Waals surface area contributed by atoms with Gasteiger partial charge in [-0.15, -0.1) is 0 Å². The van der Waals surface area contributed by atoms with Crippen molar-refractivity contribution < 1.29 is 17.9 Å². The minimum absolute atomic E-state index is 0.0797. The predicted octanol–water partition coefficient (Wildman–Crippen LogP) is 3.77. The van der Waals surface area contributed by atoms with Crippen LogP contribution in [0.5, 0.6) is 5.75 Å². The molecule has 1 amide bonds. The summed E-state index contributed by atoms with van der Waals surface area (Å²) in [7, 11) is -2.45. The summed E-state index contributed by atoms with van der Waals surface area (Å²) >= 11 is 0. The van der Waals surface area contributed by atoms with Crippen molar-refractivity contribution >= 4 is 21.6 Å². The Morgan fingerprint density at radius 1 is 0.933 bits per heavy atom. The fourth-order valence-electron chi connectivity index (χ4n) is 3.03. The van der Waals surface area contributed by atoms with Gasteiger partial charge < -0.3 is 10.1 Å². The maximum absolute atomic E-state index is 13.3. The number of anilines is 1. The number of carbonyl (C=O) groups excluding carboxylic acids is 1. The molecule has 0 bridgehead atoms. The summed E-state index contributed by atoms with van der Waals surface area (Å²) in [5, 5.41) is 2.87. The molecule has 156 valence electrons. The van der Waals surface area contributed by atoms with Gasteiger partial charge in [0.05, 0.1) is 23.7 Å². The van der Waals surface area contributed by atoms with Crippen LogP contribution >= 0.6 is 0 Å². The number of hydrogen-bond donors (Lipinski definition) is 1. The number of nitrogens with one attached hydrogen (secondary N) is 1. The van der Waals surface area contributed by atoms with Crippen molar-refractivity contribution in [1.29, 1.82) is 0 Å². The average Bonchev–Trinajstić information content (AvgIpc) is 2.78. The number of ether oxygens (including phenoxy) is 1. The second-order valence-electron chi connectivity index (χ2n) is 6.72. The molecule has 0 saturated carbocycles. The molecule has 0 unspecified atom stereocenters. The molecule has 1 N–H and O–H groups in total. The molecule has 0 aliphatic carbocycles. The SMILES string of the molecule is COc1ccc(S(=O)(=O)N(CC(=O)N[C@@H](C)c2ccccc2)c2ccccc2)cc1. The maximum Gasteiger partial charge on any atom is 0.264 e. The van der Waals surface area contributed by atoms with Crippen molar-refractivity contribution in [3.63, 3.8) is 0 Å². The van der Waals surface area contributed by atoms with Crippen LogP contribution in [0.3, 0.4) is 0 Å². The zero-order chi connectivity index (χ0) is 21.6. The summed E-state index contributed by atoms with van der Waals surface area (Å²) in [6, 6.07) is 23.9. The lowest BCUT2D eigenvalue weighted by atomic mass is 10.1. The normalized spacial score (nSPS) is 12.1. The topological polar surface area (TPSA) is 75.7 Å². The van der Waals surface area contributed by atoms with Gasteiger partial charge in [0.1, 0.15) is 12.3 Å². The summed E-state index contributed by atoms with van der Waals surface area (Å²) in [5.41, 5.74) is 1.35. The van der Waals surface area contributed by atoms with E-state index in [4.69, 9.17) is 4.74 Å². The highest BCUT2D eigenvalue weighted by molar-refractivity contribution is 7.92. The van der Waals surface area contributed by atoms with Crippen molar-refractivity contribution in [1.82, 2.24) is 5.32 Å². The highest BCUT2D eigenvalue weighted by Crippen LogP contribution is 2.25. The molecule has 0 aliphatic heterocycles. The van der Waals surface area contributed by atoms with Gasteiger partial charge in [-0.25, -0.2) is 8.42 Å². The minimum atomic E-state index is -3.96. The Bertz CT molecular complexity index is 1070. The van der Waals surface area contributed by atoms with Crippen molar-refractivity contribution in [3.8, 4) is 5.75 Å². The van der Waals surface area contributed by atoms with Gasteiger partial charge in [0, 0.05) is 0 Å². The van der Waals surface area contributed by atoms with E-state index >= 15 is 0 Å². The quantitative estimate of drug-likeness (QED) is 0.597. The van der Waals surface area contributed by atoms with E-state index in [2.05, 4.69) is 5.32 Å². The highest BCUT2D eigenvalue weighted by atomic mass is 32.2. The van der Waals surface area contributed by atoms with Crippen LogP contribution in [0.25, 0.3) is 0 Å². The highest BCUT2D eigenvalue weighted by Gasteiger charge is 2.27. The summed E-state index contributed by atoms with van der Waals surface area (Å²) in [5.74, 6) is 0.155. The first kappa shape index (κ1) is 21.4. The van der Waals surface area contributed by atoms with E-state index < -0.39 is 15.9 Å². The lowest BCUT2D eigenvalue weighted by Crippen LogP contribution is -2.41. The second kappa shape index (κ2) is 9.45. The zero-order valence-electron chi connectivity index (χ0n) is 16.9. The molecule has 1 atom stereocenters. The molecule has 3 rings (SSSR count). The first-order chi connectivity index (χ1) is 14.4. The van der Waals surface area contributed by atoms with Crippen molar-refractivity contribution in [2.75, 3.05) is 18.0 Å². The van der Waals surface area contributed by atoms with Gasteiger partial charge in [-0.05, 0) is 48.9 Å². The van der Waals surface area contributed by atoms with E-state index in [1.165, 1.54) is 19.2 Å².